The highest BCUT2D eigenvalue weighted by Gasteiger charge is 2.33. The van der Waals surface area contributed by atoms with Gasteiger partial charge in [-0.1, -0.05) is 42.5 Å². The molecule has 0 radical (unpaired) electrons. The lowest BCUT2D eigenvalue weighted by molar-refractivity contribution is -0.274. The molecular weight excluding hydrogens is 285 g/mol. The molecule has 0 bridgehead atoms. The fraction of sp³-hybridized carbons (Fsp3) is 0.133. The molecule has 0 aliphatic carbocycles. The van der Waals surface area contributed by atoms with Crippen LogP contribution in [0.2, 0.25) is 0 Å². The van der Waals surface area contributed by atoms with E-state index in [1.165, 1.54) is 12.1 Å². The third kappa shape index (κ3) is 3.41. The highest BCUT2D eigenvalue weighted by Crippen LogP contribution is 2.30. The Morgan fingerprint density at radius 2 is 1.43 bits per heavy atom. The predicted octanol–water partition coefficient (Wildman–Crippen LogP) is 3.02. The predicted molar refractivity (Wildman–Crippen MR) is 68.6 cm³/mol. The van der Waals surface area contributed by atoms with Crippen molar-refractivity contribution in [3.8, 4) is 5.75 Å². The first-order valence-electron chi connectivity index (χ1n) is 5.96. The van der Waals surface area contributed by atoms with Gasteiger partial charge >= 0.3 is 6.36 Å². The van der Waals surface area contributed by atoms with Gasteiger partial charge in [-0.2, -0.15) is 0 Å². The molecule has 1 atom stereocenters. The van der Waals surface area contributed by atoms with Crippen LogP contribution in [-0.2, 0) is 10.4 Å². The normalized spacial score (nSPS) is 14.3. The number of hydrogen-bond acceptors (Lipinski definition) is 3. The number of benzene rings is 2. The number of carbonyl (C=O) groups is 1. The van der Waals surface area contributed by atoms with Gasteiger partial charge in [0.25, 0.3) is 0 Å². The second-order valence-corrected chi connectivity index (χ2v) is 4.32. The standard InChI is InChI=1S/C15H11F3O3/c16-15(17,18)21-13-8-6-12(7-9-13)14(20,10-19)11-4-2-1-3-5-11/h1-10,20H. The van der Waals surface area contributed by atoms with Crippen molar-refractivity contribution in [3.05, 3.63) is 65.7 Å². The number of carbonyl (C=O) groups excluding carboxylic acids is 1. The van der Waals surface area contributed by atoms with Crippen LogP contribution in [0.3, 0.4) is 0 Å². The monoisotopic (exact) mass is 296 g/mol. The Balaban J connectivity index is 2.34. The average Bonchev–Trinajstić information content (AvgIpc) is 2.46. The minimum Gasteiger partial charge on any atom is -0.406 e. The van der Waals surface area contributed by atoms with Gasteiger partial charge in [-0.05, 0) is 23.3 Å². The van der Waals surface area contributed by atoms with Gasteiger partial charge in [0, 0.05) is 0 Å². The summed E-state index contributed by atoms with van der Waals surface area (Å²) in [6.45, 7) is 0. The van der Waals surface area contributed by atoms with Crippen LogP contribution >= 0.6 is 0 Å². The molecule has 0 saturated carbocycles. The molecule has 0 spiro atoms. The van der Waals surface area contributed by atoms with E-state index in [4.69, 9.17) is 0 Å². The van der Waals surface area contributed by atoms with Crippen molar-refractivity contribution in [1.29, 1.82) is 0 Å². The van der Waals surface area contributed by atoms with Crippen LogP contribution in [0, 0.1) is 0 Å². The van der Waals surface area contributed by atoms with E-state index in [1.54, 1.807) is 30.3 Å². The van der Waals surface area contributed by atoms with Gasteiger partial charge in [0.15, 0.2) is 11.9 Å². The first kappa shape index (κ1) is 15.1. The molecule has 0 amide bonds. The zero-order valence-electron chi connectivity index (χ0n) is 10.7. The second kappa shape index (κ2) is 5.57. The van der Waals surface area contributed by atoms with Crippen LogP contribution in [0.1, 0.15) is 11.1 Å². The molecular formula is C15H11F3O3. The lowest BCUT2D eigenvalue weighted by Gasteiger charge is -2.23. The molecule has 0 aliphatic rings. The molecule has 0 heterocycles. The summed E-state index contributed by atoms with van der Waals surface area (Å²) in [7, 11) is 0. The maximum atomic E-state index is 12.1. The Morgan fingerprint density at radius 1 is 0.905 bits per heavy atom. The summed E-state index contributed by atoms with van der Waals surface area (Å²) < 4.78 is 40.0. The molecule has 0 aliphatic heterocycles. The molecule has 110 valence electrons. The minimum absolute atomic E-state index is 0.151. The van der Waals surface area contributed by atoms with Gasteiger partial charge < -0.3 is 9.84 Å². The van der Waals surface area contributed by atoms with Crippen molar-refractivity contribution in [1.82, 2.24) is 0 Å². The van der Waals surface area contributed by atoms with Crippen molar-refractivity contribution < 1.29 is 27.8 Å². The zero-order valence-corrected chi connectivity index (χ0v) is 10.7. The zero-order chi connectivity index (χ0) is 15.5. The lowest BCUT2D eigenvalue weighted by atomic mass is 9.88. The van der Waals surface area contributed by atoms with Crippen molar-refractivity contribution >= 4 is 6.29 Å². The number of aliphatic hydroxyl groups is 1. The Morgan fingerprint density at radius 3 is 1.90 bits per heavy atom. The van der Waals surface area contributed by atoms with E-state index in [0.717, 1.165) is 12.1 Å². The van der Waals surface area contributed by atoms with Crippen LogP contribution < -0.4 is 4.74 Å². The van der Waals surface area contributed by atoms with Crippen LogP contribution in [0.5, 0.6) is 5.75 Å². The molecule has 21 heavy (non-hydrogen) atoms. The van der Waals surface area contributed by atoms with Crippen molar-refractivity contribution in [2.45, 2.75) is 12.0 Å². The summed E-state index contributed by atoms with van der Waals surface area (Å²) in [5.74, 6) is -0.424. The molecule has 0 aromatic heterocycles. The van der Waals surface area contributed by atoms with Crippen LogP contribution in [0.25, 0.3) is 0 Å². The van der Waals surface area contributed by atoms with Crippen LogP contribution in [-0.4, -0.2) is 17.8 Å². The Labute approximate surface area is 118 Å². The van der Waals surface area contributed by atoms with E-state index in [0.29, 0.717) is 11.8 Å². The number of hydrogen-bond donors (Lipinski definition) is 1. The Kier molecular flexibility index (Phi) is 3.99. The fourth-order valence-corrected chi connectivity index (χ4v) is 1.91. The van der Waals surface area contributed by atoms with Crippen molar-refractivity contribution in [2.75, 3.05) is 0 Å². The minimum atomic E-state index is -4.79. The van der Waals surface area contributed by atoms with Gasteiger partial charge in [0.2, 0.25) is 0 Å². The lowest BCUT2D eigenvalue weighted by Crippen LogP contribution is -2.29. The Hall–Kier alpha value is -2.34. The van der Waals surface area contributed by atoms with E-state index in [2.05, 4.69) is 4.74 Å². The summed E-state index contributed by atoms with van der Waals surface area (Å²) in [6.07, 6.45) is -4.45. The fourth-order valence-electron chi connectivity index (χ4n) is 1.91. The van der Waals surface area contributed by atoms with E-state index in [1.807, 2.05) is 0 Å². The Bertz CT molecular complexity index is 608. The van der Waals surface area contributed by atoms with Gasteiger partial charge in [0.05, 0.1) is 0 Å². The largest absolute Gasteiger partial charge is 0.573 e. The first-order chi connectivity index (χ1) is 9.85. The number of aldehydes is 1. The maximum absolute atomic E-state index is 12.1. The van der Waals surface area contributed by atoms with Crippen LogP contribution in [0.4, 0.5) is 13.2 Å². The van der Waals surface area contributed by atoms with E-state index in [9.17, 15) is 23.1 Å². The topological polar surface area (TPSA) is 46.5 Å². The average molecular weight is 296 g/mol. The first-order valence-corrected chi connectivity index (χ1v) is 5.96. The smallest absolute Gasteiger partial charge is 0.406 e. The maximum Gasteiger partial charge on any atom is 0.573 e. The molecule has 0 saturated heterocycles. The molecule has 0 fully saturated rings. The molecule has 6 heteroatoms. The highest BCUT2D eigenvalue weighted by molar-refractivity contribution is 5.72. The third-order valence-corrected chi connectivity index (χ3v) is 2.91. The molecule has 3 nitrogen and oxygen atoms in total. The van der Waals surface area contributed by atoms with Gasteiger partial charge in [-0.25, -0.2) is 0 Å². The summed E-state index contributed by atoms with van der Waals surface area (Å²) >= 11 is 0. The molecule has 2 rings (SSSR count). The SMILES string of the molecule is O=CC(O)(c1ccccc1)c1ccc(OC(F)(F)F)cc1. The van der Waals surface area contributed by atoms with E-state index in [-0.39, 0.29) is 5.56 Å². The quantitative estimate of drug-likeness (QED) is 0.882. The molecule has 1 N–H and O–H groups in total. The van der Waals surface area contributed by atoms with E-state index < -0.39 is 17.7 Å². The van der Waals surface area contributed by atoms with Crippen molar-refractivity contribution in [2.24, 2.45) is 0 Å². The summed E-state index contributed by atoms with van der Waals surface area (Å²) in [5, 5.41) is 10.5. The van der Waals surface area contributed by atoms with Gasteiger partial charge in [0.1, 0.15) is 5.75 Å². The number of ether oxygens (including phenoxy) is 1. The number of halogens is 3. The van der Waals surface area contributed by atoms with E-state index >= 15 is 0 Å². The molecule has 2 aromatic rings. The summed E-state index contributed by atoms with van der Waals surface area (Å²) in [5.41, 5.74) is -1.44. The summed E-state index contributed by atoms with van der Waals surface area (Å²) in [4.78, 5) is 11.3. The molecule has 2 aromatic carbocycles. The summed E-state index contributed by atoms with van der Waals surface area (Å²) in [6, 6.07) is 12.6. The second-order valence-electron chi connectivity index (χ2n) is 4.32. The van der Waals surface area contributed by atoms with Gasteiger partial charge in [-0.3, -0.25) is 4.79 Å². The number of rotatable bonds is 4. The number of alkyl halides is 3. The van der Waals surface area contributed by atoms with Gasteiger partial charge in [-0.15, -0.1) is 13.2 Å². The molecule has 1 unspecified atom stereocenters. The van der Waals surface area contributed by atoms with Crippen molar-refractivity contribution in [3.63, 3.8) is 0 Å². The third-order valence-electron chi connectivity index (χ3n) is 2.91. The van der Waals surface area contributed by atoms with Crippen LogP contribution in [0.15, 0.2) is 54.6 Å². The highest BCUT2D eigenvalue weighted by atomic mass is 19.4.